The summed E-state index contributed by atoms with van der Waals surface area (Å²) in [4.78, 5) is 22.2. The monoisotopic (exact) mass is 334 g/mol. The lowest BCUT2D eigenvalue weighted by Gasteiger charge is -2.31. The Balaban J connectivity index is 1.56. The van der Waals surface area contributed by atoms with Crippen LogP contribution in [0.25, 0.3) is 11.0 Å². The summed E-state index contributed by atoms with van der Waals surface area (Å²) in [6, 6.07) is 16.1. The Morgan fingerprint density at radius 1 is 1.20 bits per heavy atom. The molecule has 0 spiro atoms. The van der Waals surface area contributed by atoms with Gasteiger partial charge in [-0.25, -0.2) is 4.98 Å². The lowest BCUT2D eigenvalue weighted by atomic mass is 9.97. The molecule has 1 aliphatic rings. The molecule has 0 saturated carbocycles. The molecule has 1 fully saturated rings. The highest BCUT2D eigenvalue weighted by atomic mass is 16.1. The summed E-state index contributed by atoms with van der Waals surface area (Å²) >= 11 is 0. The van der Waals surface area contributed by atoms with Gasteiger partial charge in [0.25, 0.3) is 5.91 Å². The number of H-pyrrole nitrogens is 1. The third-order valence-corrected chi connectivity index (χ3v) is 4.94. The molecular formula is C20H22N4O. The van der Waals surface area contributed by atoms with Crippen LogP contribution in [0.15, 0.2) is 48.5 Å². The lowest BCUT2D eigenvalue weighted by molar-refractivity contribution is 0.100. The first kappa shape index (κ1) is 15.8. The molecule has 1 unspecified atom stereocenters. The second-order valence-electron chi connectivity index (χ2n) is 6.75. The Kier molecular flexibility index (Phi) is 4.24. The van der Waals surface area contributed by atoms with E-state index in [-0.39, 0.29) is 0 Å². The van der Waals surface area contributed by atoms with Crippen molar-refractivity contribution in [2.75, 3.05) is 13.1 Å². The van der Waals surface area contributed by atoms with Gasteiger partial charge in [-0.05, 0) is 37.1 Å². The van der Waals surface area contributed by atoms with Crippen molar-refractivity contribution in [1.82, 2.24) is 14.9 Å². The van der Waals surface area contributed by atoms with Gasteiger partial charge < -0.3 is 10.7 Å². The van der Waals surface area contributed by atoms with Crippen LogP contribution in [0.2, 0.25) is 0 Å². The standard InChI is InChI=1S/C20H22N4O/c21-19(25)16-9-4-10-17-18(16)23-20(22-17)15-8-5-11-24(13-15)12-14-6-2-1-3-7-14/h1-4,6-7,9-10,15H,5,8,11-13H2,(H2,21,25)(H,22,23). The Morgan fingerprint density at radius 2 is 2.04 bits per heavy atom. The topological polar surface area (TPSA) is 75.0 Å². The van der Waals surface area contributed by atoms with E-state index in [1.807, 2.05) is 18.2 Å². The number of imidazole rings is 1. The number of carbonyl (C=O) groups excluding carboxylic acids is 1. The molecule has 1 atom stereocenters. The summed E-state index contributed by atoms with van der Waals surface area (Å²) in [7, 11) is 0. The van der Waals surface area contributed by atoms with Crippen molar-refractivity contribution in [2.45, 2.75) is 25.3 Å². The number of likely N-dealkylation sites (tertiary alicyclic amines) is 1. The molecule has 0 bridgehead atoms. The molecule has 0 aliphatic carbocycles. The van der Waals surface area contributed by atoms with E-state index in [1.165, 1.54) is 5.56 Å². The molecule has 4 rings (SSSR count). The molecule has 2 heterocycles. The highest BCUT2D eigenvalue weighted by molar-refractivity contribution is 6.04. The van der Waals surface area contributed by atoms with Crippen LogP contribution in [0.3, 0.4) is 0 Å². The number of carbonyl (C=O) groups is 1. The van der Waals surface area contributed by atoms with Crippen molar-refractivity contribution in [3.63, 3.8) is 0 Å². The zero-order valence-corrected chi connectivity index (χ0v) is 14.1. The summed E-state index contributed by atoms with van der Waals surface area (Å²) in [5, 5.41) is 0. The minimum Gasteiger partial charge on any atom is -0.366 e. The van der Waals surface area contributed by atoms with Crippen molar-refractivity contribution in [3.8, 4) is 0 Å². The number of hydrogen-bond donors (Lipinski definition) is 2. The van der Waals surface area contributed by atoms with E-state index >= 15 is 0 Å². The molecule has 5 nitrogen and oxygen atoms in total. The second kappa shape index (κ2) is 6.69. The van der Waals surface area contributed by atoms with E-state index < -0.39 is 5.91 Å². The Bertz CT molecular complexity index is 887. The second-order valence-corrected chi connectivity index (χ2v) is 6.75. The predicted molar refractivity (Wildman–Crippen MR) is 98.3 cm³/mol. The molecule has 1 aliphatic heterocycles. The SMILES string of the molecule is NC(=O)c1cccc2[nH]c(C3CCCN(Cc4ccccc4)C3)nc12. The van der Waals surface area contributed by atoms with E-state index in [1.54, 1.807) is 6.07 Å². The number of hydrogen-bond acceptors (Lipinski definition) is 3. The number of rotatable bonds is 4. The number of piperidine rings is 1. The number of primary amides is 1. The van der Waals surface area contributed by atoms with Gasteiger partial charge in [-0.15, -0.1) is 0 Å². The van der Waals surface area contributed by atoms with Crippen molar-refractivity contribution in [2.24, 2.45) is 5.73 Å². The van der Waals surface area contributed by atoms with Crippen LogP contribution in [-0.4, -0.2) is 33.9 Å². The number of aromatic amines is 1. The maximum absolute atomic E-state index is 11.6. The van der Waals surface area contributed by atoms with Gasteiger partial charge in [-0.3, -0.25) is 9.69 Å². The van der Waals surface area contributed by atoms with Crippen molar-refractivity contribution < 1.29 is 4.79 Å². The van der Waals surface area contributed by atoms with Crippen LogP contribution in [0, 0.1) is 0 Å². The summed E-state index contributed by atoms with van der Waals surface area (Å²) in [6.45, 7) is 3.04. The molecule has 1 amide bonds. The van der Waals surface area contributed by atoms with Crippen LogP contribution in [0.1, 0.15) is 40.5 Å². The molecule has 2 aromatic carbocycles. The number of benzene rings is 2. The van der Waals surface area contributed by atoms with Crippen LogP contribution < -0.4 is 5.73 Å². The van der Waals surface area contributed by atoms with Gasteiger partial charge in [0, 0.05) is 19.0 Å². The maximum Gasteiger partial charge on any atom is 0.250 e. The molecule has 0 radical (unpaired) electrons. The molecule has 3 aromatic rings. The first-order chi connectivity index (χ1) is 12.2. The number of aromatic nitrogens is 2. The fourth-order valence-electron chi connectivity index (χ4n) is 3.71. The van der Waals surface area contributed by atoms with E-state index in [0.717, 1.165) is 43.8 Å². The number of amides is 1. The maximum atomic E-state index is 11.6. The average molecular weight is 334 g/mol. The lowest BCUT2D eigenvalue weighted by Crippen LogP contribution is -2.34. The predicted octanol–water partition coefficient (Wildman–Crippen LogP) is 3.04. The van der Waals surface area contributed by atoms with E-state index in [0.29, 0.717) is 17.0 Å². The zero-order chi connectivity index (χ0) is 17.2. The van der Waals surface area contributed by atoms with Gasteiger partial charge in [-0.1, -0.05) is 36.4 Å². The highest BCUT2D eigenvalue weighted by Gasteiger charge is 2.24. The van der Waals surface area contributed by atoms with Gasteiger partial charge in [-0.2, -0.15) is 0 Å². The van der Waals surface area contributed by atoms with E-state index in [2.05, 4.69) is 34.1 Å². The van der Waals surface area contributed by atoms with Crippen LogP contribution >= 0.6 is 0 Å². The Labute approximate surface area is 146 Å². The zero-order valence-electron chi connectivity index (χ0n) is 14.1. The number of nitrogens with two attached hydrogens (primary N) is 1. The number of nitrogens with one attached hydrogen (secondary N) is 1. The molecule has 5 heteroatoms. The van der Waals surface area contributed by atoms with Crippen molar-refractivity contribution in [3.05, 3.63) is 65.5 Å². The average Bonchev–Trinajstić information content (AvgIpc) is 3.07. The molecule has 3 N–H and O–H groups in total. The van der Waals surface area contributed by atoms with Gasteiger partial charge in [0.2, 0.25) is 0 Å². The van der Waals surface area contributed by atoms with Crippen LogP contribution in [-0.2, 0) is 6.54 Å². The molecule has 25 heavy (non-hydrogen) atoms. The van der Waals surface area contributed by atoms with Gasteiger partial charge in [0.05, 0.1) is 11.1 Å². The fourth-order valence-corrected chi connectivity index (χ4v) is 3.71. The van der Waals surface area contributed by atoms with Gasteiger partial charge in [0.1, 0.15) is 11.3 Å². The van der Waals surface area contributed by atoms with E-state index in [4.69, 9.17) is 10.7 Å². The van der Waals surface area contributed by atoms with Crippen molar-refractivity contribution in [1.29, 1.82) is 0 Å². The third-order valence-electron chi connectivity index (χ3n) is 4.94. The molecule has 1 saturated heterocycles. The largest absolute Gasteiger partial charge is 0.366 e. The summed E-state index contributed by atoms with van der Waals surface area (Å²) in [5.41, 5.74) is 8.86. The van der Waals surface area contributed by atoms with Crippen LogP contribution in [0.4, 0.5) is 0 Å². The summed E-state index contributed by atoms with van der Waals surface area (Å²) in [6.07, 6.45) is 2.26. The fraction of sp³-hybridized carbons (Fsp3) is 0.300. The first-order valence-electron chi connectivity index (χ1n) is 8.75. The normalized spacial score (nSPS) is 18.5. The molecule has 128 valence electrons. The summed E-state index contributed by atoms with van der Waals surface area (Å²) in [5.74, 6) is 0.880. The summed E-state index contributed by atoms with van der Waals surface area (Å²) < 4.78 is 0. The number of para-hydroxylation sites is 1. The number of nitrogens with zero attached hydrogens (tertiary/aromatic N) is 2. The molecular weight excluding hydrogens is 312 g/mol. The van der Waals surface area contributed by atoms with Crippen LogP contribution in [0.5, 0.6) is 0 Å². The van der Waals surface area contributed by atoms with Crippen molar-refractivity contribution >= 4 is 16.9 Å². The Hall–Kier alpha value is -2.66. The van der Waals surface area contributed by atoms with Gasteiger partial charge >= 0.3 is 0 Å². The quantitative estimate of drug-likeness (QED) is 0.770. The third kappa shape index (κ3) is 3.28. The highest BCUT2D eigenvalue weighted by Crippen LogP contribution is 2.28. The number of fused-ring (bicyclic) bond motifs is 1. The molecule has 1 aromatic heterocycles. The van der Waals surface area contributed by atoms with E-state index in [9.17, 15) is 4.79 Å². The van der Waals surface area contributed by atoms with Gasteiger partial charge in [0.15, 0.2) is 0 Å². The Morgan fingerprint density at radius 3 is 2.84 bits per heavy atom. The minimum absolute atomic E-state index is 0.352. The smallest absolute Gasteiger partial charge is 0.250 e. The minimum atomic E-state index is -0.432. The first-order valence-corrected chi connectivity index (χ1v) is 8.75.